The summed E-state index contributed by atoms with van der Waals surface area (Å²) in [6, 6.07) is 24.4. The molecule has 42 heavy (non-hydrogen) atoms. The molecule has 1 N–H and O–H groups in total. The van der Waals surface area contributed by atoms with Crippen LogP contribution in [0, 0.1) is 10.1 Å². The SMILES string of the molecule is O=C(Nc1ccc(-c2ccc3nnc(-c4ccncc4)n3n2)cc1)c1ccccc1C(=O)c1ccc(Cl)c([N+](=O)[O-])c1. The van der Waals surface area contributed by atoms with Gasteiger partial charge in [-0.05, 0) is 54.6 Å². The molecule has 0 fully saturated rings. The van der Waals surface area contributed by atoms with Gasteiger partial charge in [0, 0.05) is 46.4 Å². The lowest BCUT2D eigenvalue weighted by Gasteiger charge is -2.11. The first-order valence-corrected chi connectivity index (χ1v) is 12.9. The fraction of sp³-hybridized carbons (Fsp3) is 0. The lowest BCUT2D eigenvalue weighted by molar-refractivity contribution is -0.384. The van der Waals surface area contributed by atoms with Gasteiger partial charge in [-0.3, -0.25) is 24.7 Å². The Morgan fingerprint density at radius 2 is 1.57 bits per heavy atom. The van der Waals surface area contributed by atoms with E-state index < -0.39 is 22.3 Å². The summed E-state index contributed by atoms with van der Waals surface area (Å²) in [4.78, 5) is 41.1. The van der Waals surface area contributed by atoms with Gasteiger partial charge in [-0.1, -0.05) is 41.9 Å². The van der Waals surface area contributed by atoms with Gasteiger partial charge in [0.25, 0.3) is 11.6 Å². The first-order chi connectivity index (χ1) is 20.4. The summed E-state index contributed by atoms with van der Waals surface area (Å²) in [5.74, 6) is -0.474. The molecule has 0 saturated carbocycles. The quantitative estimate of drug-likeness (QED) is 0.141. The van der Waals surface area contributed by atoms with E-state index >= 15 is 0 Å². The largest absolute Gasteiger partial charge is 0.322 e. The Hall–Kier alpha value is -5.81. The highest BCUT2D eigenvalue weighted by Gasteiger charge is 2.22. The van der Waals surface area contributed by atoms with Crippen LogP contribution < -0.4 is 5.32 Å². The van der Waals surface area contributed by atoms with Crippen LogP contribution >= 0.6 is 11.6 Å². The number of carbonyl (C=O) groups excluding carboxylic acids is 2. The van der Waals surface area contributed by atoms with Crippen LogP contribution in [-0.4, -0.2) is 41.4 Å². The molecule has 6 aromatic rings. The number of halogens is 1. The van der Waals surface area contributed by atoms with Crippen molar-refractivity contribution in [1.82, 2.24) is 24.8 Å². The monoisotopic (exact) mass is 575 g/mol. The Balaban J connectivity index is 1.24. The molecule has 0 radical (unpaired) electrons. The minimum atomic E-state index is -0.665. The normalized spacial score (nSPS) is 10.9. The number of nitro groups is 1. The molecule has 12 heteroatoms. The zero-order chi connectivity index (χ0) is 29.2. The van der Waals surface area contributed by atoms with Gasteiger partial charge in [-0.25, -0.2) is 0 Å². The Morgan fingerprint density at radius 3 is 2.31 bits per heavy atom. The van der Waals surface area contributed by atoms with Crippen LogP contribution in [0.1, 0.15) is 26.3 Å². The van der Waals surface area contributed by atoms with Gasteiger partial charge in [0.1, 0.15) is 5.02 Å². The number of nitrogens with one attached hydrogen (secondary N) is 1. The zero-order valence-electron chi connectivity index (χ0n) is 21.5. The first-order valence-electron chi connectivity index (χ1n) is 12.5. The topological polar surface area (TPSA) is 145 Å². The number of amides is 1. The minimum Gasteiger partial charge on any atom is -0.322 e. The predicted octanol–water partition coefficient (Wildman–Crippen LogP) is 5.90. The number of benzene rings is 3. The molecular formula is C30H18ClN7O4. The number of aromatic nitrogens is 5. The van der Waals surface area contributed by atoms with Crippen LogP contribution in [0.15, 0.2) is 103 Å². The molecule has 0 saturated heterocycles. The maximum absolute atomic E-state index is 13.2. The van der Waals surface area contributed by atoms with Gasteiger partial charge in [-0.15, -0.1) is 10.2 Å². The van der Waals surface area contributed by atoms with Gasteiger partial charge >= 0.3 is 0 Å². The van der Waals surface area contributed by atoms with E-state index in [1.807, 2.05) is 36.4 Å². The Morgan fingerprint density at radius 1 is 0.833 bits per heavy atom. The van der Waals surface area contributed by atoms with Crippen molar-refractivity contribution in [1.29, 1.82) is 0 Å². The average molecular weight is 576 g/mol. The summed E-state index contributed by atoms with van der Waals surface area (Å²) in [6.07, 6.45) is 3.34. The lowest BCUT2D eigenvalue weighted by Crippen LogP contribution is -2.17. The maximum Gasteiger partial charge on any atom is 0.288 e. The molecule has 3 aromatic heterocycles. The van der Waals surface area contributed by atoms with Gasteiger partial charge in [-0.2, -0.15) is 9.61 Å². The highest BCUT2D eigenvalue weighted by atomic mass is 35.5. The molecule has 0 unspecified atom stereocenters. The molecule has 0 spiro atoms. The van der Waals surface area contributed by atoms with Crippen molar-refractivity contribution >= 4 is 40.3 Å². The van der Waals surface area contributed by atoms with E-state index in [2.05, 4.69) is 20.5 Å². The number of nitrogens with zero attached hydrogens (tertiary/aromatic N) is 6. The highest BCUT2D eigenvalue weighted by molar-refractivity contribution is 6.33. The Kier molecular flexibility index (Phi) is 6.91. The van der Waals surface area contributed by atoms with Crippen LogP contribution in [0.25, 0.3) is 28.3 Å². The number of hydrogen-bond acceptors (Lipinski definition) is 8. The van der Waals surface area contributed by atoms with E-state index in [4.69, 9.17) is 16.7 Å². The van der Waals surface area contributed by atoms with E-state index in [9.17, 15) is 19.7 Å². The third-order valence-electron chi connectivity index (χ3n) is 6.46. The smallest absolute Gasteiger partial charge is 0.288 e. The number of hydrogen-bond donors (Lipinski definition) is 1. The van der Waals surface area contributed by atoms with Crippen molar-refractivity contribution < 1.29 is 14.5 Å². The van der Waals surface area contributed by atoms with Crippen LogP contribution in [0.2, 0.25) is 5.02 Å². The summed E-state index contributed by atoms with van der Waals surface area (Å²) in [6.45, 7) is 0. The molecule has 0 aliphatic rings. The second kappa shape index (κ2) is 11.0. The predicted molar refractivity (Wildman–Crippen MR) is 155 cm³/mol. The highest BCUT2D eigenvalue weighted by Crippen LogP contribution is 2.27. The summed E-state index contributed by atoms with van der Waals surface area (Å²) in [5, 5.41) is 27.1. The Labute approximate surface area is 242 Å². The molecule has 0 aliphatic heterocycles. The summed E-state index contributed by atoms with van der Waals surface area (Å²) >= 11 is 5.89. The number of carbonyl (C=O) groups is 2. The second-order valence-corrected chi connectivity index (χ2v) is 9.48. The molecule has 0 atom stereocenters. The van der Waals surface area contributed by atoms with Crippen molar-refractivity contribution in [2.24, 2.45) is 0 Å². The molecule has 0 aliphatic carbocycles. The van der Waals surface area contributed by atoms with E-state index in [0.717, 1.165) is 17.2 Å². The van der Waals surface area contributed by atoms with E-state index in [-0.39, 0.29) is 21.7 Å². The van der Waals surface area contributed by atoms with E-state index in [1.54, 1.807) is 41.2 Å². The number of anilines is 1. The number of ketones is 1. The van der Waals surface area contributed by atoms with Crippen molar-refractivity contribution in [2.75, 3.05) is 5.32 Å². The molecular weight excluding hydrogens is 558 g/mol. The summed E-state index contributed by atoms with van der Waals surface area (Å²) in [7, 11) is 0. The first kappa shape index (κ1) is 26.4. The lowest BCUT2D eigenvalue weighted by atomic mass is 9.97. The summed E-state index contributed by atoms with van der Waals surface area (Å²) < 4.78 is 1.66. The fourth-order valence-corrected chi connectivity index (χ4v) is 4.56. The minimum absolute atomic E-state index is 0.0420. The van der Waals surface area contributed by atoms with E-state index in [1.165, 1.54) is 24.3 Å². The molecule has 3 heterocycles. The zero-order valence-corrected chi connectivity index (χ0v) is 22.3. The molecule has 1 amide bonds. The third-order valence-corrected chi connectivity index (χ3v) is 6.78. The van der Waals surface area contributed by atoms with Crippen LogP contribution in [-0.2, 0) is 0 Å². The molecule has 204 valence electrons. The fourth-order valence-electron chi connectivity index (χ4n) is 4.38. The van der Waals surface area contributed by atoms with Crippen molar-refractivity contribution in [3.63, 3.8) is 0 Å². The van der Waals surface area contributed by atoms with Crippen molar-refractivity contribution in [2.45, 2.75) is 0 Å². The Bertz CT molecular complexity index is 1990. The van der Waals surface area contributed by atoms with Crippen molar-refractivity contribution in [3.8, 4) is 22.6 Å². The average Bonchev–Trinajstić information content (AvgIpc) is 3.45. The summed E-state index contributed by atoms with van der Waals surface area (Å²) in [5.41, 5.74) is 3.25. The molecule has 6 rings (SSSR count). The molecule has 0 bridgehead atoms. The number of pyridine rings is 1. The van der Waals surface area contributed by atoms with E-state index in [0.29, 0.717) is 22.9 Å². The number of nitro benzene ring substituents is 1. The van der Waals surface area contributed by atoms with Crippen molar-refractivity contribution in [3.05, 3.63) is 135 Å². The van der Waals surface area contributed by atoms with Crippen LogP contribution in [0.4, 0.5) is 11.4 Å². The van der Waals surface area contributed by atoms with Crippen LogP contribution in [0.3, 0.4) is 0 Å². The molecule has 3 aromatic carbocycles. The number of rotatable bonds is 7. The molecule has 11 nitrogen and oxygen atoms in total. The number of fused-ring (bicyclic) bond motifs is 1. The van der Waals surface area contributed by atoms with Gasteiger partial charge in [0.2, 0.25) is 0 Å². The van der Waals surface area contributed by atoms with Gasteiger partial charge < -0.3 is 5.32 Å². The standard InChI is InChI=1S/C30H18ClN7O4/c31-24-10-7-20(17-26(24)38(41)42)28(39)22-3-1-2-4-23(22)30(40)33-21-8-5-18(6-9-21)25-11-12-27-34-35-29(37(27)36-25)19-13-15-32-16-14-19/h1-17H,(H,33,40). The second-order valence-electron chi connectivity index (χ2n) is 9.08. The van der Waals surface area contributed by atoms with Gasteiger partial charge in [0.05, 0.1) is 16.2 Å². The maximum atomic E-state index is 13.2. The van der Waals surface area contributed by atoms with Gasteiger partial charge in [0.15, 0.2) is 17.3 Å². The third kappa shape index (κ3) is 5.07. The van der Waals surface area contributed by atoms with Crippen LogP contribution in [0.5, 0.6) is 0 Å².